The Bertz CT molecular complexity index is 925. The lowest BCUT2D eigenvalue weighted by molar-refractivity contribution is -0.118. The van der Waals surface area contributed by atoms with Crippen molar-refractivity contribution in [3.8, 4) is 5.75 Å². The summed E-state index contributed by atoms with van der Waals surface area (Å²) < 4.78 is 7.21. The summed E-state index contributed by atoms with van der Waals surface area (Å²) in [5.41, 5.74) is 1.87. The number of rotatable bonds is 6. The van der Waals surface area contributed by atoms with Crippen LogP contribution in [0.3, 0.4) is 0 Å². The Balaban J connectivity index is 1.56. The molecule has 26 heavy (non-hydrogen) atoms. The third kappa shape index (κ3) is 4.77. The fraction of sp³-hybridized carbons (Fsp3) is 0.158. The molecule has 0 radical (unpaired) electrons. The first kappa shape index (κ1) is 18.3. The number of anilines is 1. The largest absolute Gasteiger partial charge is 0.483 e. The molecule has 1 aromatic heterocycles. The van der Waals surface area contributed by atoms with Crippen LogP contribution in [0, 0.1) is 6.92 Å². The monoisotopic (exact) mass is 389 g/mol. The average molecular weight is 390 g/mol. The molecule has 7 heteroatoms. The summed E-state index contributed by atoms with van der Waals surface area (Å²) in [5.74, 6) is 0.863. The van der Waals surface area contributed by atoms with Crippen molar-refractivity contribution in [3.05, 3.63) is 75.9 Å². The topological polar surface area (TPSA) is 56.1 Å². The second-order valence-corrected chi connectivity index (χ2v) is 6.58. The maximum absolute atomic E-state index is 12.0. The van der Waals surface area contributed by atoms with Crippen LogP contribution in [0.15, 0.2) is 54.7 Å². The fourth-order valence-corrected chi connectivity index (χ4v) is 2.85. The summed E-state index contributed by atoms with van der Waals surface area (Å²) in [5, 5.41) is 8.19. The molecule has 0 aliphatic rings. The van der Waals surface area contributed by atoms with Gasteiger partial charge in [0.1, 0.15) is 5.75 Å². The maximum atomic E-state index is 12.0. The number of nitrogens with zero attached hydrogens (tertiary/aromatic N) is 2. The molecule has 0 atom stereocenters. The number of ether oxygens (including phenoxy) is 1. The Morgan fingerprint density at radius 1 is 1.19 bits per heavy atom. The number of carbonyl (C=O) groups excluding carboxylic acids is 1. The molecule has 0 fully saturated rings. The van der Waals surface area contributed by atoms with Gasteiger partial charge < -0.3 is 10.1 Å². The summed E-state index contributed by atoms with van der Waals surface area (Å²) in [6, 6.07) is 14.6. The van der Waals surface area contributed by atoms with Crippen molar-refractivity contribution in [3.63, 3.8) is 0 Å². The van der Waals surface area contributed by atoms with Crippen LogP contribution in [0.25, 0.3) is 0 Å². The first-order chi connectivity index (χ1) is 12.5. The Labute approximate surface area is 161 Å². The highest BCUT2D eigenvalue weighted by molar-refractivity contribution is 6.35. The van der Waals surface area contributed by atoms with E-state index in [4.69, 9.17) is 27.9 Å². The summed E-state index contributed by atoms with van der Waals surface area (Å²) in [6.45, 7) is 2.32. The zero-order valence-corrected chi connectivity index (χ0v) is 15.6. The van der Waals surface area contributed by atoms with E-state index in [1.807, 2.05) is 37.3 Å². The molecule has 2 aromatic carbocycles. The molecule has 3 aromatic rings. The summed E-state index contributed by atoms with van der Waals surface area (Å²) in [6.07, 6.45) is 1.77. The third-order valence-corrected chi connectivity index (χ3v) is 4.29. The molecule has 5 nitrogen and oxygen atoms in total. The van der Waals surface area contributed by atoms with Crippen molar-refractivity contribution >= 4 is 34.9 Å². The van der Waals surface area contributed by atoms with Gasteiger partial charge in [-0.15, -0.1) is 0 Å². The highest BCUT2D eigenvalue weighted by atomic mass is 35.5. The van der Waals surface area contributed by atoms with Gasteiger partial charge in [-0.25, -0.2) is 0 Å². The number of aromatic nitrogens is 2. The molecule has 134 valence electrons. The number of hydrogen-bond acceptors (Lipinski definition) is 3. The van der Waals surface area contributed by atoms with Crippen LogP contribution in [-0.4, -0.2) is 22.3 Å². The number of nitrogens with one attached hydrogen (secondary N) is 1. The highest BCUT2D eigenvalue weighted by Crippen LogP contribution is 2.22. The first-order valence-electron chi connectivity index (χ1n) is 7.97. The van der Waals surface area contributed by atoms with Crippen LogP contribution < -0.4 is 10.1 Å². The van der Waals surface area contributed by atoms with E-state index in [9.17, 15) is 4.79 Å². The zero-order valence-electron chi connectivity index (χ0n) is 14.1. The van der Waals surface area contributed by atoms with E-state index < -0.39 is 0 Å². The van der Waals surface area contributed by atoms with Gasteiger partial charge in [-0.05, 0) is 36.2 Å². The second-order valence-electron chi connectivity index (χ2n) is 5.74. The van der Waals surface area contributed by atoms with Crippen LogP contribution in [-0.2, 0) is 11.3 Å². The standard InChI is InChI=1S/C19H17Cl2N3O2/c1-13-4-2-3-5-17(13)26-12-19(25)22-18-8-9-24(23-18)11-14-6-7-15(20)10-16(14)21/h2-10H,11-12H2,1H3,(H,22,23,25). The van der Waals surface area contributed by atoms with Crippen LogP contribution in [0.4, 0.5) is 5.82 Å². The number of benzene rings is 2. The van der Waals surface area contributed by atoms with E-state index in [1.165, 1.54) is 0 Å². The zero-order chi connectivity index (χ0) is 18.5. The molecule has 0 spiro atoms. The van der Waals surface area contributed by atoms with E-state index >= 15 is 0 Å². The Morgan fingerprint density at radius 2 is 2.00 bits per heavy atom. The van der Waals surface area contributed by atoms with Crippen LogP contribution in [0.5, 0.6) is 5.75 Å². The normalized spacial score (nSPS) is 10.6. The third-order valence-electron chi connectivity index (χ3n) is 3.71. The lowest BCUT2D eigenvalue weighted by Crippen LogP contribution is -2.20. The molecule has 0 saturated heterocycles. The van der Waals surface area contributed by atoms with Crippen LogP contribution in [0.2, 0.25) is 10.0 Å². The molecule has 0 aliphatic carbocycles. The van der Waals surface area contributed by atoms with E-state index in [-0.39, 0.29) is 12.5 Å². The van der Waals surface area contributed by atoms with E-state index in [0.29, 0.717) is 28.2 Å². The van der Waals surface area contributed by atoms with Gasteiger partial charge in [0.25, 0.3) is 5.91 Å². The molecule has 1 amide bonds. The van der Waals surface area contributed by atoms with Crippen LogP contribution in [0.1, 0.15) is 11.1 Å². The van der Waals surface area contributed by atoms with Crippen LogP contribution >= 0.6 is 23.2 Å². The van der Waals surface area contributed by atoms with Gasteiger partial charge in [-0.1, -0.05) is 47.5 Å². The molecule has 3 rings (SSSR count). The minimum absolute atomic E-state index is 0.0826. The smallest absolute Gasteiger partial charge is 0.263 e. The van der Waals surface area contributed by atoms with Gasteiger partial charge in [-0.3, -0.25) is 9.48 Å². The average Bonchev–Trinajstić information content (AvgIpc) is 3.04. The molecular weight excluding hydrogens is 373 g/mol. The van der Waals surface area contributed by atoms with Gasteiger partial charge in [0.05, 0.1) is 6.54 Å². The molecule has 0 aliphatic heterocycles. The van der Waals surface area contributed by atoms with E-state index in [1.54, 1.807) is 29.1 Å². The minimum Gasteiger partial charge on any atom is -0.483 e. The van der Waals surface area contributed by atoms with Crippen molar-refractivity contribution in [1.29, 1.82) is 0 Å². The SMILES string of the molecule is Cc1ccccc1OCC(=O)Nc1ccn(Cc2ccc(Cl)cc2Cl)n1. The highest BCUT2D eigenvalue weighted by Gasteiger charge is 2.08. The molecule has 0 bridgehead atoms. The Morgan fingerprint density at radius 3 is 2.77 bits per heavy atom. The Kier molecular flexibility index (Phi) is 5.81. The van der Waals surface area contributed by atoms with Gasteiger partial charge in [0, 0.05) is 22.3 Å². The summed E-state index contributed by atoms with van der Waals surface area (Å²) in [7, 11) is 0. The predicted octanol–water partition coefficient (Wildman–Crippen LogP) is 4.56. The minimum atomic E-state index is -0.275. The van der Waals surface area contributed by atoms with E-state index in [2.05, 4.69) is 10.4 Å². The number of aryl methyl sites for hydroxylation is 1. The quantitative estimate of drug-likeness (QED) is 0.671. The number of hydrogen-bond donors (Lipinski definition) is 1. The lowest BCUT2D eigenvalue weighted by atomic mass is 10.2. The second kappa shape index (κ2) is 8.25. The molecule has 1 N–H and O–H groups in total. The first-order valence-corrected chi connectivity index (χ1v) is 8.72. The van der Waals surface area contributed by atoms with Crippen molar-refractivity contribution < 1.29 is 9.53 Å². The van der Waals surface area contributed by atoms with Gasteiger partial charge >= 0.3 is 0 Å². The maximum Gasteiger partial charge on any atom is 0.263 e. The van der Waals surface area contributed by atoms with Crippen molar-refractivity contribution in [2.45, 2.75) is 13.5 Å². The molecule has 0 saturated carbocycles. The van der Waals surface area contributed by atoms with Gasteiger partial charge in [0.2, 0.25) is 0 Å². The number of amides is 1. The number of para-hydroxylation sites is 1. The molecule has 1 heterocycles. The summed E-state index contributed by atoms with van der Waals surface area (Å²) >= 11 is 12.1. The van der Waals surface area contributed by atoms with Crippen molar-refractivity contribution in [2.24, 2.45) is 0 Å². The molecule has 0 unspecified atom stereocenters. The van der Waals surface area contributed by atoms with Gasteiger partial charge in [-0.2, -0.15) is 5.10 Å². The Hall–Kier alpha value is -2.50. The number of carbonyl (C=O) groups is 1. The van der Waals surface area contributed by atoms with Crippen molar-refractivity contribution in [2.75, 3.05) is 11.9 Å². The van der Waals surface area contributed by atoms with Crippen molar-refractivity contribution in [1.82, 2.24) is 9.78 Å². The van der Waals surface area contributed by atoms with Gasteiger partial charge in [0.15, 0.2) is 12.4 Å². The summed E-state index contributed by atoms with van der Waals surface area (Å²) in [4.78, 5) is 12.0. The predicted molar refractivity (Wildman–Crippen MR) is 103 cm³/mol. The molecular formula is C19H17Cl2N3O2. The fourth-order valence-electron chi connectivity index (χ4n) is 2.38. The lowest BCUT2D eigenvalue weighted by Gasteiger charge is -2.08. The van der Waals surface area contributed by atoms with E-state index in [0.717, 1.165) is 11.1 Å². The number of halogens is 2.